The molecule has 116 valence electrons. The molecule has 3 rings (SSSR count). The molecular weight excluding hydrogens is 293 g/mol. The van der Waals surface area contributed by atoms with Gasteiger partial charge in [-0.1, -0.05) is 30.3 Å². The molecule has 1 heterocycles. The second-order valence-electron chi connectivity index (χ2n) is 5.22. The van der Waals surface area contributed by atoms with Crippen LogP contribution < -0.4 is 5.32 Å². The van der Waals surface area contributed by atoms with Crippen molar-refractivity contribution in [1.82, 2.24) is 14.9 Å². The summed E-state index contributed by atoms with van der Waals surface area (Å²) in [6.45, 7) is 0. The van der Waals surface area contributed by atoms with E-state index in [4.69, 9.17) is 0 Å². The average molecular weight is 309 g/mol. The van der Waals surface area contributed by atoms with E-state index in [0.29, 0.717) is 5.56 Å². The third-order valence-electron chi connectivity index (χ3n) is 3.63. The van der Waals surface area contributed by atoms with Crippen molar-refractivity contribution >= 4 is 5.91 Å². The maximum Gasteiger partial charge on any atom is 0.252 e. The first kappa shape index (κ1) is 15.0. The molecule has 3 aromatic rings. The fraction of sp³-hybridized carbons (Fsp3) is 0.111. The van der Waals surface area contributed by atoms with Crippen molar-refractivity contribution in [3.05, 3.63) is 89.8 Å². The first-order valence-electron chi connectivity index (χ1n) is 7.24. The van der Waals surface area contributed by atoms with Crippen molar-refractivity contribution < 1.29 is 9.18 Å². The summed E-state index contributed by atoms with van der Waals surface area (Å²) < 4.78 is 14.9. The summed E-state index contributed by atoms with van der Waals surface area (Å²) in [6, 6.07) is 14.7. The highest BCUT2D eigenvalue weighted by atomic mass is 19.1. The Morgan fingerprint density at radius 2 is 1.83 bits per heavy atom. The molecule has 0 radical (unpaired) electrons. The number of aryl methyl sites for hydroxylation is 1. The predicted molar refractivity (Wildman–Crippen MR) is 85.4 cm³/mol. The van der Waals surface area contributed by atoms with E-state index in [2.05, 4.69) is 10.3 Å². The number of imidazole rings is 1. The van der Waals surface area contributed by atoms with Gasteiger partial charge >= 0.3 is 0 Å². The van der Waals surface area contributed by atoms with Gasteiger partial charge in [0, 0.05) is 25.0 Å². The van der Waals surface area contributed by atoms with E-state index < -0.39 is 0 Å². The number of aromatic nitrogens is 2. The Kier molecular flexibility index (Phi) is 4.19. The molecule has 0 spiro atoms. The minimum absolute atomic E-state index is 0.276. The lowest BCUT2D eigenvalue weighted by atomic mass is 10.1. The molecular formula is C18H16FN3O. The molecule has 0 saturated heterocycles. The van der Waals surface area contributed by atoms with E-state index >= 15 is 0 Å². The minimum Gasteiger partial charge on any atom is -0.338 e. The van der Waals surface area contributed by atoms with Crippen LogP contribution in [-0.2, 0) is 7.05 Å². The third kappa shape index (κ3) is 3.29. The fourth-order valence-corrected chi connectivity index (χ4v) is 2.41. The highest BCUT2D eigenvalue weighted by Crippen LogP contribution is 2.20. The van der Waals surface area contributed by atoms with Crippen LogP contribution in [0.1, 0.15) is 27.8 Å². The predicted octanol–water partition coefficient (Wildman–Crippen LogP) is 3.08. The molecule has 0 aliphatic carbocycles. The summed E-state index contributed by atoms with van der Waals surface area (Å²) >= 11 is 0. The zero-order valence-electron chi connectivity index (χ0n) is 12.6. The van der Waals surface area contributed by atoms with Crippen LogP contribution in [0, 0.1) is 5.82 Å². The standard InChI is InChI=1S/C18H16FN3O/c1-22-12-11-20-17(22)16(13-5-3-2-4-6-13)21-18(23)14-7-9-15(19)10-8-14/h2-12,16H,1H3,(H,21,23)/t16-/m1/s1. The summed E-state index contributed by atoms with van der Waals surface area (Å²) in [7, 11) is 1.88. The molecule has 1 atom stereocenters. The zero-order valence-corrected chi connectivity index (χ0v) is 12.6. The van der Waals surface area contributed by atoms with E-state index in [9.17, 15) is 9.18 Å². The van der Waals surface area contributed by atoms with Crippen LogP contribution in [-0.4, -0.2) is 15.5 Å². The summed E-state index contributed by atoms with van der Waals surface area (Å²) in [5.74, 6) is 0.0822. The second kappa shape index (κ2) is 6.44. The van der Waals surface area contributed by atoms with Crippen molar-refractivity contribution in [2.75, 3.05) is 0 Å². The number of amides is 1. The molecule has 1 amide bonds. The lowest BCUT2D eigenvalue weighted by Gasteiger charge is -2.19. The first-order chi connectivity index (χ1) is 11.1. The molecule has 1 N–H and O–H groups in total. The van der Waals surface area contributed by atoms with Crippen LogP contribution in [0.3, 0.4) is 0 Å². The van der Waals surface area contributed by atoms with Crippen molar-refractivity contribution in [1.29, 1.82) is 0 Å². The van der Waals surface area contributed by atoms with E-state index in [-0.39, 0.29) is 17.8 Å². The topological polar surface area (TPSA) is 46.9 Å². The molecule has 4 nitrogen and oxygen atoms in total. The van der Waals surface area contributed by atoms with Gasteiger partial charge in [-0.3, -0.25) is 4.79 Å². The van der Waals surface area contributed by atoms with Gasteiger partial charge in [0.2, 0.25) is 0 Å². The van der Waals surface area contributed by atoms with Gasteiger partial charge in [-0.05, 0) is 29.8 Å². The molecule has 0 unspecified atom stereocenters. The maximum absolute atomic E-state index is 13.0. The lowest BCUT2D eigenvalue weighted by molar-refractivity contribution is 0.0941. The van der Waals surface area contributed by atoms with Crippen LogP contribution in [0.4, 0.5) is 4.39 Å². The number of carbonyl (C=O) groups excluding carboxylic acids is 1. The molecule has 0 aliphatic heterocycles. The van der Waals surface area contributed by atoms with Crippen LogP contribution >= 0.6 is 0 Å². The molecule has 1 aromatic heterocycles. The monoisotopic (exact) mass is 309 g/mol. The van der Waals surface area contributed by atoms with Crippen molar-refractivity contribution in [3.63, 3.8) is 0 Å². The summed E-state index contributed by atoms with van der Waals surface area (Å²) in [6.07, 6.45) is 3.52. The first-order valence-corrected chi connectivity index (χ1v) is 7.24. The second-order valence-corrected chi connectivity index (χ2v) is 5.22. The number of halogens is 1. The van der Waals surface area contributed by atoms with Gasteiger partial charge in [0.15, 0.2) is 0 Å². The molecule has 0 aliphatic rings. The number of nitrogens with zero attached hydrogens (tertiary/aromatic N) is 2. The van der Waals surface area contributed by atoms with Crippen LogP contribution in [0.25, 0.3) is 0 Å². The van der Waals surface area contributed by atoms with Gasteiger partial charge in [-0.2, -0.15) is 0 Å². The summed E-state index contributed by atoms with van der Waals surface area (Å²) in [4.78, 5) is 16.8. The van der Waals surface area contributed by atoms with Gasteiger partial charge < -0.3 is 9.88 Å². The van der Waals surface area contributed by atoms with E-state index in [0.717, 1.165) is 11.4 Å². The van der Waals surface area contributed by atoms with Gasteiger partial charge in [-0.25, -0.2) is 9.37 Å². The molecule has 0 bridgehead atoms. The quantitative estimate of drug-likeness (QED) is 0.805. The Hall–Kier alpha value is -2.95. The number of hydrogen-bond acceptors (Lipinski definition) is 2. The summed E-state index contributed by atoms with van der Waals surface area (Å²) in [5, 5.41) is 2.97. The van der Waals surface area contributed by atoms with E-state index in [1.54, 1.807) is 6.20 Å². The Morgan fingerprint density at radius 3 is 2.43 bits per heavy atom. The molecule has 23 heavy (non-hydrogen) atoms. The number of rotatable bonds is 4. The van der Waals surface area contributed by atoms with Crippen molar-refractivity contribution in [2.45, 2.75) is 6.04 Å². The van der Waals surface area contributed by atoms with Gasteiger partial charge in [0.1, 0.15) is 17.7 Å². The third-order valence-corrected chi connectivity index (χ3v) is 3.63. The lowest BCUT2D eigenvalue weighted by Crippen LogP contribution is -2.31. The van der Waals surface area contributed by atoms with Gasteiger partial charge in [0.05, 0.1) is 0 Å². The largest absolute Gasteiger partial charge is 0.338 e. The van der Waals surface area contributed by atoms with Gasteiger partial charge in [-0.15, -0.1) is 0 Å². The SMILES string of the molecule is Cn1ccnc1[C@H](NC(=O)c1ccc(F)cc1)c1ccccc1. The highest BCUT2D eigenvalue weighted by Gasteiger charge is 2.21. The maximum atomic E-state index is 13.0. The van der Waals surface area contributed by atoms with Crippen molar-refractivity contribution in [2.24, 2.45) is 7.05 Å². The van der Waals surface area contributed by atoms with E-state index in [1.807, 2.05) is 48.1 Å². The Bertz CT molecular complexity index is 797. The van der Waals surface area contributed by atoms with Crippen LogP contribution in [0.5, 0.6) is 0 Å². The van der Waals surface area contributed by atoms with Crippen molar-refractivity contribution in [3.8, 4) is 0 Å². The number of hydrogen-bond donors (Lipinski definition) is 1. The molecule has 2 aromatic carbocycles. The number of carbonyl (C=O) groups is 1. The van der Waals surface area contributed by atoms with Gasteiger partial charge in [0.25, 0.3) is 5.91 Å². The number of nitrogens with one attached hydrogen (secondary N) is 1. The number of benzene rings is 2. The highest BCUT2D eigenvalue weighted by molar-refractivity contribution is 5.94. The normalized spacial score (nSPS) is 11.9. The Morgan fingerprint density at radius 1 is 1.13 bits per heavy atom. The molecule has 0 fully saturated rings. The Labute approximate surface area is 133 Å². The molecule has 5 heteroatoms. The molecule has 0 saturated carbocycles. The minimum atomic E-state index is -0.381. The zero-order chi connectivity index (χ0) is 16.2. The average Bonchev–Trinajstić information content (AvgIpc) is 2.99. The Balaban J connectivity index is 1.92. The fourth-order valence-electron chi connectivity index (χ4n) is 2.41. The smallest absolute Gasteiger partial charge is 0.252 e. The van der Waals surface area contributed by atoms with Crippen LogP contribution in [0.15, 0.2) is 67.0 Å². The summed E-state index contributed by atoms with van der Waals surface area (Å²) in [5.41, 5.74) is 1.33. The van der Waals surface area contributed by atoms with Crippen LogP contribution in [0.2, 0.25) is 0 Å². The van der Waals surface area contributed by atoms with E-state index in [1.165, 1.54) is 24.3 Å².